The normalized spacial score (nSPS) is 31.1. The number of hydrogen-bond acceptors (Lipinski definition) is 4. The molecular formula is C13H15N3O. The lowest BCUT2D eigenvalue weighted by molar-refractivity contribution is 0.346. The van der Waals surface area contributed by atoms with E-state index in [1.54, 1.807) is 0 Å². The van der Waals surface area contributed by atoms with Gasteiger partial charge in [-0.1, -0.05) is 23.4 Å². The lowest BCUT2D eigenvalue weighted by Crippen LogP contribution is -2.47. The lowest BCUT2D eigenvalue weighted by Gasteiger charge is -2.40. The number of fused-ring (bicyclic) bond motifs is 2. The van der Waals surface area contributed by atoms with Gasteiger partial charge in [-0.05, 0) is 25.3 Å². The molecule has 1 aliphatic heterocycles. The van der Waals surface area contributed by atoms with E-state index >= 15 is 0 Å². The van der Waals surface area contributed by atoms with Crippen molar-refractivity contribution in [2.45, 2.75) is 31.3 Å². The van der Waals surface area contributed by atoms with Crippen LogP contribution in [0.3, 0.4) is 0 Å². The van der Waals surface area contributed by atoms with Crippen LogP contribution < -0.4 is 5.32 Å². The maximum atomic E-state index is 10.9. The molecule has 0 bridgehead atoms. The fourth-order valence-corrected chi connectivity index (χ4v) is 3.07. The standard InChI is InChI=1S/C13H15N3O/c14-13-8-4-1-2-5-9(8)15-10-6-3-7-11(16-17)12(10)13/h1-2,4-5,10-12,14-15H,3,6-7H2. The van der Waals surface area contributed by atoms with Crippen molar-refractivity contribution in [3.63, 3.8) is 0 Å². The zero-order valence-corrected chi connectivity index (χ0v) is 9.52. The van der Waals surface area contributed by atoms with E-state index in [9.17, 15) is 4.91 Å². The number of benzene rings is 1. The molecule has 17 heavy (non-hydrogen) atoms. The summed E-state index contributed by atoms with van der Waals surface area (Å²) < 4.78 is 0. The van der Waals surface area contributed by atoms with Crippen molar-refractivity contribution in [3.05, 3.63) is 34.7 Å². The molecule has 1 aromatic rings. The number of hydrogen-bond donors (Lipinski definition) is 2. The van der Waals surface area contributed by atoms with Gasteiger partial charge in [0.05, 0.1) is 0 Å². The average molecular weight is 229 g/mol. The zero-order chi connectivity index (χ0) is 11.8. The quantitative estimate of drug-likeness (QED) is 0.727. The topological polar surface area (TPSA) is 65.3 Å². The Labute approximate surface area is 99.9 Å². The molecule has 2 N–H and O–H groups in total. The van der Waals surface area contributed by atoms with Crippen LogP contribution in [0.2, 0.25) is 0 Å². The summed E-state index contributed by atoms with van der Waals surface area (Å²) in [6.45, 7) is 0. The van der Waals surface area contributed by atoms with E-state index in [-0.39, 0.29) is 18.0 Å². The average Bonchev–Trinajstić information content (AvgIpc) is 2.38. The zero-order valence-electron chi connectivity index (χ0n) is 9.52. The summed E-state index contributed by atoms with van der Waals surface area (Å²) in [6, 6.07) is 7.81. The highest BCUT2D eigenvalue weighted by atomic mass is 16.3. The molecule has 1 heterocycles. The third kappa shape index (κ3) is 1.55. The number of nitroso groups, excluding NO2 is 1. The fraction of sp³-hybridized carbons (Fsp3) is 0.462. The summed E-state index contributed by atoms with van der Waals surface area (Å²) in [5, 5.41) is 15.0. The molecule has 1 fully saturated rings. The third-order valence-corrected chi connectivity index (χ3v) is 3.89. The first-order valence-electron chi connectivity index (χ1n) is 6.08. The summed E-state index contributed by atoms with van der Waals surface area (Å²) >= 11 is 0. The van der Waals surface area contributed by atoms with Crippen LogP contribution in [0.25, 0.3) is 0 Å². The van der Waals surface area contributed by atoms with Gasteiger partial charge in [0.2, 0.25) is 0 Å². The van der Waals surface area contributed by atoms with Gasteiger partial charge in [-0.2, -0.15) is 4.91 Å². The molecule has 0 saturated heterocycles. The Morgan fingerprint density at radius 3 is 2.94 bits per heavy atom. The molecular weight excluding hydrogens is 214 g/mol. The molecule has 2 aliphatic rings. The van der Waals surface area contributed by atoms with Crippen LogP contribution in [0.5, 0.6) is 0 Å². The van der Waals surface area contributed by atoms with Crippen molar-refractivity contribution in [1.29, 1.82) is 5.41 Å². The van der Waals surface area contributed by atoms with Gasteiger partial charge in [0.25, 0.3) is 0 Å². The van der Waals surface area contributed by atoms with Crippen molar-refractivity contribution < 1.29 is 0 Å². The van der Waals surface area contributed by atoms with Crippen LogP contribution in [-0.2, 0) is 0 Å². The molecule has 1 saturated carbocycles. The Bertz CT molecular complexity index is 471. The van der Waals surface area contributed by atoms with Crippen LogP contribution in [0, 0.1) is 16.2 Å². The summed E-state index contributed by atoms with van der Waals surface area (Å²) in [7, 11) is 0. The second-order valence-electron chi connectivity index (χ2n) is 4.84. The smallest absolute Gasteiger partial charge is 0.102 e. The molecule has 4 heteroatoms. The Morgan fingerprint density at radius 2 is 2.12 bits per heavy atom. The first kappa shape index (κ1) is 10.4. The van der Waals surface area contributed by atoms with Crippen LogP contribution in [0.15, 0.2) is 29.4 Å². The van der Waals surface area contributed by atoms with Gasteiger partial charge < -0.3 is 10.7 Å². The molecule has 0 amide bonds. The van der Waals surface area contributed by atoms with Gasteiger partial charge in [-0.15, -0.1) is 0 Å². The van der Waals surface area contributed by atoms with Crippen LogP contribution in [0.4, 0.5) is 5.69 Å². The number of nitrogens with one attached hydrogen (secondary N) is 2. The second kappa shape index (κ2) is 3.95. The molecule has 0 radical (unpaired) electrons. The largest absolute Gasteiger partial charge is 0.381 e. The second-order valence-corrected chi connectivity index (χ2v) is 4.84. The van der Waals surface area contributed by atoms with Gasteiger partial charge in [0, 0.05) is 28.9 Å². The van der Waals surface area contributed by atoms with E-state index in [0.717, 1.165) is 30.5 Å². The molecule has 3 atom stereocenters. The van der Waals surface area contributed by atoms with E-state index in [0.29, 0.717) is 5.71 Å². The maximum Gasteiger partial charge on any atom is 0.102 e. The SMILES string of the molecule is N=C1c2ccccc2NC2CCCC(N=O)C12. The minimum absolute atomic E-state index is 0.0452. The van der Waals surface area contributed by atoms with Crippen LogP contribution >= 0.6 is 0 Å². The Morgan fingerprint density at radius 1 is 1.29 bits per heavy atom. The van der Waals surface area contributed by atoms with Gasteiger partial charge in [0.1, 0.15) is 6.04 Å². The predicted molar refractivity (Wildman–Crippen MR) is 67.6 cm³/mol. The highest BCUT2D eigenvalue weighted by Crippen LogP contribution is 2.37. The highest BCUT2D eigenvalue weighted by Gasteiger charge is 2.41. The summed E-state index contributed by atoms with van der Waals surface area (Å²) in [4.78, 5) is 10.9. The number of nitrogens with zero attached hydrogens (tertiary/aromatic N) is 1. The molecule has 1 aliphatic carbocycles. The first-order chi connectivity index (χ1) is 8.31. The van der Waals surface area contributed by atoms with Crippen molar-refractivity contribution in [2.75, 3.05) is 5.32 Å². The number of anilines is 1. The monoisotopic (exact) mass is 229 g/mol. The molecule has 88 valence electrons. The van der Waals surface area contributed by atoms with Crippen LogP contribution in [-0.4, -0.2) is 17.8 Å². The van der Waals surface area contributed by atoms with Crippen molar-refractivity contribution >= 4 is 11.4 Å². The molecule has 3 unspecified atom stereocenters. The van der Waals surface area contributed by atoms with Gasteiger partial charge in [0.15, 0.2) is 0 Å². The maximum absolute atomic E-state index is 10.9. The molecule has 0 spiro atoms. The highest BCUT2D eigenvalue weighted by molar-refractivity contribution is 6.07. The van der Waals surface area contributed by atoms with E-state index in [1.165, 1.54) is 0 Å². The van der Waals surface area contributed by atoms with Crippen molar-refractivity contribution in [3.8, 4) is 0 Å². The van der Waals surface area contributed by atoms with Gasteiger partial charge in [-0.25, -0.2) is 0 Å². The summed E-state index contributed by atoms with van der Waals surface area (Å²) in [5.41, 5.74) is 2.52. The van der Waals surface area contributed by atoms with Gasteiger partial charge in [-0.3, -0.25) is 0 Å². The summed E-state index contributed by atoms with van der Waals surface area (Å²) in [5.74, 6) is -0.0452. The molecule has 0 aromatic heterocycles. The third-order valence-electron chi connectivity index (χ3n) is 3.89. The van der Waals surface area contributed by atoms with Crippen molar-refractivity contribution in [2.24, 2.45) is 11.1 Å². The first-order valence-corrected chi connectivity index (χ1v) is 6.08. The number of rotatable bonds is 1. The lowest BCUT2D eigenvalue weighted by atomic mass is 9.73. The minimum Gasteiger partial charge on any atom is -0.381 e. The molecule has 1 aromatic carbocycles. The van der Waals surface area contributed by atoms with Gasteiger partial charge >= 0.3 is 0 Å². The van der Waals surface area contributed by atoms with E-state index in [4.69, 9.17) is 5.41 Å². The van der Waals surface area contributed by atoms with Crippen molar-refractivity contribution in [1.82, 2.24) is 0 Å². The Hall–Kier alpha value is -1.71. The fourth-order valence-electron chi connectivity index (χ4n) is 3.07. The Balaban J connectivity index is 2.03. The van der Waals surface area contributed by atoms with E-state index in [1.807, 2.05) is 24.3 Å². The Kier molecular flexibility index (Phi) is 2.42. The van der Waals surface area contributed by atoms with Crippen LogP contribution in [0.1, 0.15) is 24.8 Å². The number of para-hydroxylation sites is 1. The van der Waals surface area contributed by atoms with E-state index in [2.05, 4.69) is 10.5 Å². The molecule has 4 nitrogen and oxygen atoms in total. The minimum atomic E-state index is -0.234. The molecule has 3 rings (SSSR count). The summed E-state index contributed by atoms with van der Waals surface area (Å²) in [6.07, 6.45) is 2.85. The van der Waals surface area contributed by atoms with E-state index < -0.39 is 0 Å². The predicted octanol–water partition coefficient (Wildman–Crippen LogP) is 2.78.